The number of carbonyl (C=O) groups is 1. The van der Waals surface area contributed by atoms with Gasteiger partial charge in [0.25, 0.3) is 5.69 Å². The lowest BCUT2D eigenvalue weighted by Crippen LogP contribution is -2.34. The van der Waals surface area contributed by atoms with E-state index in [0.717, 1.165) is 6.07 Å². The molecule has 1 heterocycles. The van der Waals surface area contributed by atoms with Gasteiger partial charge >= 0.3 is 5.97 Å². The van der Waals surface area contributed by atoms with Crippen LogP contribution in [0.4, 0.5) is 15.8 Å². The number of rotatable bonds is 4. The second kappa shape index (κ2) is 6.49. The lowest BCUT2D eigenvalue weighted by atomic mass is 10.2. The molecule has 21 heavy (non-hydrogen) atoms. The first-order valence-electron chi connectivity index (χ1n) is 6.60. The Labute approximate surface area is 120 Å². The molecule has 114 valence electrons. The molecule has 1 saturated heterocycles. The van der Waals surface area contributed by atoms with Gasteiger partial charge in [-0.15, -0.1) is 0 Å². The molecule has 0 saturated carbocycles. The largest absolute Gasteiger partial charge is 0.480 e. The van der Waals surface area contributed by atoms with Crippen molar-refractivity contribution < 1.29 is 19.2 Å². The minimum absolute atomic E-state index is 0.0312. The van der Waals surface area contributed by atoms with Gasteiger partial charge < -0.3 is 10.0 Å². The Morgan fingerprint density at radius 1 is 1.33 bits per heavy atom. The number of nitro groups is 1. The standard InChI is InChI=1S/C13H16FN3O4/c14-11-8-10(17(20)21)2-3-12(11)16-5-1-4-15(6-7-16)9-13(18)19/h2-3,8H,1,4-7,9H2,(H,18,19). The highest BCUT2D eigenvalue weighted by molar-refractivity contribution is 5.69. The average Bonchev–Trinajstić information content (AvgIpc) is 2.63. The fraction of sp³-hybridized carbons (Fsp3) is 0.462. The van der Waals surface area contributed by atoms with E-state index in [4.69, 9.17) is 5.11 Å². The van der Waals surface area contributed by atoms with Crippen LogP contribution in [-0.2, 0) is 4.79 Å². The lowest BCUT2D eigenvalue weighted by Gasteiger charge is -2.23. The van der Waals surface area contributed by atoms with E-state index in [9.17, 15) is 19.3 Å². The van der Waals surface area contributed by atoms with Gasteiger partial charge in [0.05, 0.1) is 23.2 Å². The molecule has 0 radical (unpaired) electrons. The molecule has 0 amide bonds. The molecule has 1 aliphatic rings. The Morgan fingerprint density at radius 3 is 2.71 bits per heavy atom. The van der Waals surface area contributed by atoms with Crippen LogP contribution in [0.1, 0.15) is 6.42 Å². The number of hydrogen-bond acceptors (Lipinski definition) is 5. The molecule has 1 aromatic carbocycles. The van der Waals surface area contributed by atoms with Crippen molar-refractivity contribution in [3.63, 3.8) is 0 Å². The first-order chi connectivity index (χ1) is 9.97. The van der Waals surface area contributed by atoms with Crippen LogP contribution in [0.3, 0.4) is 0 Å². The lowest BCUT2D eigenvalue weighted by molar-refractivity contribution is -0.385. The van der Waals surface area contributed by atoms with Gasteiger partial charge in [-0.2, -0.15) is 0 Å². The zero-order valence-corrected chi connectivity index (χ0v) is 11.4. The number of carboxylic acid groups (broad SMARTS) is 1. The van der Waals surface area contributed by atoms with Crippen LogP contribution < -0.4 is 4.90 Å². The summed E-state index contributed by atoms with van der Waals surface area (Å²) in [6.07, 6.45) is 0.712. The van der Waals surface area contributed by atoms with E-state index in [2.05, 4.69) is 0 Å². The third-order valence-corrected chi connectivity index (χ3v) is 3.43. The van der Waals surface area contributed by atoms with Crippen LogP contribution in [0.25, 0.3) is 0 Å². The number of aliphatic carboxylic acids is 1. The number of non-ortho nitro benzene ring substituents is 1. The summed E-state index contributed by atoms with van der Waals surface area (Å²) in [6.45, 7) is 2.20. The summed E-state index contributed by atoms with van der Waals surface area (Å²) in [7, 11) is 0. The van der Waals surface area contributed by atoms with Gasteiger partial charge in [-0.3, -0.25) is 19.8 Å². The van der Waals surface area contributed by atoms with Crippen molar-refractivity contribution in [2.75, 3.05) is 37.6 Å². The van der Waals surface area contributed by atoms with Crippen molar-refractivity contribution in [1.82, 2.24) is 4.90 Å². The van der Waals surface area contributed by atoms with E-state index in [0.29, 0.717) is 38.3 Å². The quantitative estimate of drug-likeness (QED) is 0.666. The number of nitrogens with zero attached hydrogens (tertiary/aromatic N) is 3. The van der Waals surface area contributed by atoms with E-state index in [1.54, 1.807) is 9.80 Å². The molecule has 0 atom stereocenters. The summed E-state index contributed by atoms with van der Waals surface area (Å²) in [5.41, 5.74) is 0.0383. The second-order valence-corrected chi connectivity index (χ2v) is 4.90. The molecule has 0 aromatic heterocycles. The number of halogens is 1. The van der Waals surface area contributed by atoms with Crippen LogP contribution in [0.15, 0.2) is 18.2 Å². The van der Waals surface area contributed by atoms with E-state index in [1.807, 2.05) is 0 Å². The zero-order valence-electron chi connectivity index (χ0n) is 11.4. The number of benzene rings is 1. The van der Waals surface area contributed by atoms with Gasteiger partial charge in [-0.05, 0) is 12.5 Å². The molecule has 8 heteroatoms. The summed E-state index contributed by atoms with van der Waals surface area (Å²) in [6, 6.07) is 3.59. The fourth-order valence-electron chi connectivity index (χ4n) is 2.43. The van der Waals surface area contributed by atoms with Gasteiger partial charge in [0.15, 0.2) is 5.82 Å². The molecule has 0 bridgehead atoms. The molecule has 1 aliphatic heterocycles. The minimum atomic E-state index is -0.884. The predicted molar refractivity (Wildman–Crippen MR) is 74.0 cm³/mol. The summed E-state index contributed by atoms with van der Waals surface area (Å²) in [4.78, 5) is 24.3. The molecule has 0 spiro atoms. The van der Waals surface area contributed by atoms with E-state index in [1.165, 1.54) is 12.1 Å². The van der Waals surface area contributed by atoms with Crippen molar-refractivity contribution in [2.24, 2.45) is 0 Å². The maximum atomic E-state index is 14.0. The Morgan fingerprint density at radius 2 is 2.10 bits per heavy atom. The number of nitro benzene ring substituents is 1. The topological polar surface area (TPSA) is 86.9 Å². The van der Waals surface area contributed by atoms with Crippen LogP contribution in [-0.4, -0.2) is 53.6 Å². The Hall–Kier alpha value is -2.22. The summed E-state index contributed by atoms with van der Waals surface area (Å²) >= 11 is 0. The highest BCUT2D eigenvalue weighted by Gasteiger charge is 2.20. The maximum Gasteiger partial charge on any atom is 0.317 e. The van der Waals surface area contributed by atoms with Gasteiger partial charge in [0.2, 0.25) is 0 Å². The second-order valence-electron chi connectivity index (χ2n) is 4.90. The number of hydrogen-bond donors (Lipinski definition) is 1. The highest BCUT2D eigenvalue weighted by atomic mass is 19.1. The monoisotopic (exact) mass is 297 g/mol. The Balaban J connectivity index is 2.08. The van der Waals surface area contributed by atoms with Crippen molar-refractivity contribution in [3.05, 3.63) is 34.1 Å². The molecular weight excluding hydrogens is 281 g/mol. The number of carboxylic acids is 1. The first kappa shape index (κ1) is 15.2. The van der Waals surface area contributed by atoms with Gasteiger partial charge in [-0.25, -0.2) is 4.39 Å². The SMILES string of the molecule is O=C(O)CN1CCCN(c2ccc([N+](=O)[O-])cc2F)CC1. The molecule has 2 rings (SSSR count). The van der Waals surface area contributed by atoms with Crippen molar-refractivity contribution >= 4 is 17.3 Å². The van der Waals surface area contributed by atoms with Gasteiger partial charge in [-0.1, -0.05) is 0 Å². The summed E-state index contributed by atoms with van der Waals surface area (Å²) < 4.78 is 14.0. The summed E-state index contributed by atoms with van der Waals surface area (Å²) in [5.74, 6) is -1.51. The van der Waals surface area contributed by atoms with E-state index < -0.39 is 16.7 Å². The molecule has 1 fully saturated rings. The predicted octanol–water partition coefficient (Wildman–Crippen LogP) is 1.33. The molecule has 0 aliphatic carbocycles. The fourth-order valence-corrected chi connectivity index (χ4v) is 2.43. The van der Waals surface area contributed by atoms with Gasteiger partial charge in [0, 0.05) is 32.2 Å². The minimum Gasteiger partial charge on any atom is -0.480 e. The summed E-state index contributed by atoms with van der Waals surface area (Å²) in [5, 5.41) is 19.4. The van der Waals surface area contributed by atoms with E-state index in [-0.39, 0.29) is 12.2 Å². The molecule has 1 aromatic rings. The normalized spacial score (nSPS) is 16.5. The molecular formula is C13H16FN3O4. The highest BCUT2D eigenvalue weighted by Crippen LogP contribution is 2.25. The third-order valence-electron chi connectivity index (χ3n) is 3.43. The van der Waals surface area contributed by atoms with Crippen LogP contribution in [0.5, 0.6) is 0 Å². The average molecular weight is 297 g/mol. The molecule has 0 unspecified atom stereocenters. The van der Waals surface area contributed by atoms with Crippen LogP contribution in [0.2, 0.25) is 0 Å². The van der Waals surface area contributed by atoms with Crippen LogP contribution in [0, 0.1) is 15.9 Å². The molecule has 1 N–H and O–H groups in total. The first-order valence-corrected chi connectivity index (χ1v) is 6.60. The zero-order chi connectivity index (χ0) is 15.4. The number of anilines is 1. The van der Waals surface area contributed by atoms with Crippen molar-refractivity contribution in [2.45, 2.75) is 6.42 Å². The molecule has 7 nitrogen and oxygen atoms in total. The third kappa shape index (κ3) is 3.88. The smallest absolute Gasteiger partial charge is 0.317 e. The van der Waals surface area contributed by atoms with E-state index >= 15 is 0 Å². The van der Waals surface area contributed by atoms with Gasteiger partial charge in [0.1, 0.15) is 0 Å². The Bertz CT molecular complexity index is 552. The van der Waals surface area contributed by atoms with Crippen LogP contribution >= 0.6 is 0 Å². The van der Waals surface area contributed by atoms with Crippen molar-refractivity contribution in [1.29, 1.82) is 0 Å². The van der Waals surface area contributed by atoms with Crippen molar-refractivity contribution in [3.8, 4) is 0 Å². The maximum absolute atomic E-state index is 14.0. The Kier molecular flexibility index (Phi) is 4.69.